The monoisotopic (exact) mass is 409 g/mol. The Morgan fingerprint density at radius 2 is 1.63 bits per heavy atom. The molecule has 0 radical (unpaired) electrons. The lowest BCUT2D eigenvalue weighted by Crippen LogP contribution is -2.47. The van der Waals surface area contributed by atoms with E-state index < -0.39 is 0 Å². The van der Waals surface area contributed by atoms with Crippen molar-refractivity contribution in [3.8, 4) is 5.75 Å². The minimum atomic E-state index is -0.0573. The second-order valence-corrected chi connectivity index (χ2v) is 7.67. The number of amides is 2. The molecule has 6 nitrogen and oxygen atoms in total. The fourth-order valence-electron chi connectivity index (χ4n) is 3.36. The Kier molecular flexibility index (Phi) is 7.85. The second kappa shape index (κ2) is 10.8. The lowest BCUT2D eigenvalue weighted by atomic mass is 10.1. The number of aryl methyl sites for hydroxylation is 1. The Bertz CT molecular complexity index is 826. The van der Waals surface area contributed by atoms with Crippen LogP contribution < -0.4 is 10.1 Å². The van der Waals surface area contributed by atoms with Gasteiger partial charge in [0, 0.05) is 43.9 Å². The van der Waals surface area contributed by atoms with Crippen molar-refractivity contribution in [3.63, 3.8) is 0 Å². The summed E-state index contributed by atoms with van der Waals surface area (Å²) < 4.78 is 5.69. The molecule has 3 rings (SSSR count). The number of ether oxygens (including phenoxy) is 1. The third-order valence-electron chi connectivity index (χ3n) is 5.35. The zero-order chi connectivity index (χ0) is 21.3. The summed E-state index contributed by atoms with van der Waals surface area (Å²) in [4.78, 5) is 28.8. The zero-order valence-electron chi connectivity index (χ0n) is 17.9. The number of piperazine rings is 1. The van der Waals surface area contributed by atoms with Crippen molar-refractivity contribution in [2.75, 3.05) is 45.2 Å². The Morgan fingerprint density at radius 3 is 2.27 bits per heavy atom. The molecular formula is C24H31N3O3. The first-order chi connectivity index (χ1) is 14.5. The molecule has 1 fully saturated rings. The molecule has 2 aromatic rings. The molecule has 1 heterocycles. The van der Waals surface area contributed by atoms with E-state index >= 15 is 0 Å². The van der Waals surface area contributed by atoms with Crippen molar-refractivity contribution in [3.05, 3.63) is 59.7 Å². The quantitative estimate of drug-likeness (QED) is 0.679. The van der Waals surface area contributed by atoms with E-state index in [1.54, 1.807) is 24.3 Å². The summed E-state index contributed by atoms with van der Waals surface area (Å²) in [6.07, 6.45) is 2.03. The number of rotatable bonds is 8. The van der Waals surface area contributed by atoms with E-state index in [-0.39, 0.29) is 11.8 Å². The number of nitrogens with zero attached hydrogens (tertiary/aromatic N) is 2. The van der Waals surface area contributed by atoms with Crippen molar-refractivity contribution < 1.29 is 14.3 Å². The normalized spacial score (nSPS) is 14.4. The molecule has 160 valence electrons. The lowest BCUT2D eigenvalue weighted by Gasteiger charge is -2.32. The van der Waals surface area contributed by atoms with Crippen LogP contribution >= 0.6 is 0 Å². The highest BCUT2D eigenvalue weighted by Gasteiger charge is 2.20. The maximum atomic E-state index is 12.6. The number of benzene rings is 2. The second-order valence-electron chi connectivity index (χ2n) is 7.67. The van der Waals surface area contributed by atoms with Crippen molar-refractivity contribution in [2.24, 2.45) is 0 Å². The number of carbonyl (C=O) groups excluding carboxylic acids is 2. The molecule has 30 heavy (non-hydrogen) atoms. The van der Waals surface area contributed by atoms with Crippen molar-refractivity contribution in [2.45, 2.75) is 26.2 Å². The SMILES string of the molecule is CCc1ccc(OCCCC(=O)Nc2ccc(C(=O)N3CCN(C)CC3)cc2)cc1. The third-order valence-corrected chi connectivity index (χ3v) is 5.35. The first-order valence-electron chi connectivity index (χ1n) is 10.6. The first-order valence-corrected chi connectivity index (χ1v) is 10.6. The van der Waals surface area contributed by atoms with E-state index in [4.69, 9.17) is 4.74 Å². The van der Waals surface area contributed by atoms with E-state index in [1.807, 2.05) is 17.0 Å². The van der Waals surface area contributed by atoms with E-state index in [1.165, 1.54) is 5.56 Å². The third kappa shape index (κ3) is 6.32. The molecule has 0 bridgehead atoms. The Labute approximate surface area is 178 Å². The van der Waals surface area contributed by atoms with Gasteiger partial charge in [-0.25, -0.2) is 0 Å². The van der Waals surface area contributed by atoms with Gasteiger partial charge in [-0.3, -0.25) is 9.59 Å². The van der Waals surface area contributed by atoms with E-state index in [2.05, 4.69) is 36.3 Å². The minimum absolute atomic E-state index is 0.0464. The molecule has 0 saturated carbocycles. The van der Waals surface area contributed by atoms with Crippen LogP contribution in [0.15, 0.2) is 48.5 Å². The Morgan fingerprint density at radius 1 is 0.967 bits per heavy atom. The molecule has 0 atom stereocenters. The topological polar surface area (TPSA) is 61.9 Å². The van der Waals surface area contributed by atoms with Crippen molar-refractivity contribution in [1.29, 1.82) is 0 Å². The summed E-state index contributed by atoms with van der Waals surface area (Å²) in [5, 5.41) is 2.88. The summed E-state index contributed by atoms with van der Waals surface area (Å²) in [7, 11) is 2.06. The molecule has 1 aliphatic heterocycles. The van der Waals surface area contributed by atoms with Gasteiger partial charge in [0.05, 0.1) is 6.61 Å². The highest BCUT2D eigenvalue weighted by Crippen LogP contribution is 2.15. The smallest absolute Gasteiger partial charge is 0.253 e. The van der Waals surface area contributed by atoms with Crippen LogP contribution in [0, 0.1) is 0 Å². The fraction of sp³-hybridized carbons (Fsp3) is 0.417. The predicted octanol–water partition coefficient (Wildman–Crippen LogP) is 3.43. The van der Waals surface area contributed by atoms with Gasteiger partial charge in [-0.15, -0.1) is 0 Å². The first kappa shape index (κ1) is 21.8. The van der Waals surface area contributed by atoms with Crippen LogP contribution in [0.4, 0.5) is 5.69 Å². The van der Waals surface area contributed by atoms with Gasteiger partial charge in [-0.2, -0.15) is 0 Å². The predicted molar refractivity (Wildman–Crippen MR) is 119 cm³/mol. The molecule has 0 aromatic heterocycles. The van der Waals surface area contributed by atoms with E-state index in [0.717, 1.165) is 38.3 Å². The summed E-state index contributed by atoms with van der Waals surface area (Å²) in [5.74, 6) is 0.816. The largest absolute Gasteiger partial charge is 0.494 e. The number of hydrogen-bond acceptors (Lipinski definition) is 4. The van der Waals surface area contributed by atoms with Crippen LogP contribution in [-0.2, 0) is 11.2 Å². The van der Waals surface area contributed by atoms with Crippen LogP contribution in [0.5, 0.6) is 5.75 Å². The van der Waals surface area contributed by atoms with Gasteiger partial charge in [0.1, 0.15) is 5.75 Å². The highest BCUT2D eigenvalue weighted by molar-refractivity contribution is 5.95. The molecule has 2 amide bonds. The number of likely N-dealkylation sites (N-methyl/N-ethyl adjacent to an activating group) is 1. The molecule has 1 N–H and O–H groups in total. The minimum Gasteiger partial charge on any atom is -0.494 e. The summed E-state index contributed by atoms with van der Waals surface area (Å²) in [6, 6.07) is 15.2. The maximum Gasteiger partial charge on any atom is 0.253 e. The van der Waals surface area contributed by atoms with Gasteiger partial charge < -0.3 is 19.9 Å². The maximum absolute atomic E-state index is 12.6. The van der Waals surface area contributed by atoms with Crippen LogP contribution in [0.25, 0.3) is 0 Å². The van der Waals surface area contributed by atoms with Crippen LogP contribution in [-0.4, -0.2) is 61.4 Å². The number of anilines is 1. The molecular weight excluding hydrogens is 378 g/mol. The molecule has 0 spiro atoms. The van der Waals surface area contributed by atoms with E-state index in [9.17, 15) is 9.59 Å². The lowest BCUT2D eigenvalue weighted by molar-refractivity contribution is -0.116. The Balaban J connectivity index is 1.39. The number of nitrogens with one attached hydrogen (secondary N) is 1. The van der Waals surface area contributed by atoms with Crippen molar-refractivity contribution in [1.82, 2.24) is 9.80 Å². The highest BCUT2D eigenvalue weighted by atomic mass is 16.5. The van der Waals surface area contributed by atoms with Crippen molar-refractivity contribution >= 4 is 17.5 Å². The standard InChI is InChI=1S/C24H31N3O3/c1-3-19-6-12-22(13-7-19)30-18-4-5-23(28)25-21-10-8-20(9-11-21)24(29)27-16-14-26(2)15-17-27/h6-13H,3-5,14-18H2,1-2H3,(H,25,28). The van der Waals surface area contributed by atoms with Gasteiger partial charge in [-0.05, 0) is 61.9 Å². The van der Waals surface area contributed by atoms with Gasteiger partial charge in [0.15, 0.2) is 0 Å². The summed E-state index contributed by atoms with van der Waals surface area (Å²) >= 11 is 0. The van der Waals surface area contributed by atoms with Gasteiger partial charge >= 0.3 is 0 Å². The van der Waals surface area contributed by atoms with Crippen LogP contribution in [0.3, 0.4) is 0 Å². The number of hydrogen-bond donors (Lipinski definition) is 1. The molecule has 0 unspecified atom stereocenters. The number of carbonyl (C=O) groups is 2. The van der Waals surface area contributed by atoms with Crippen LogP contribution in [0.2, 0.25) is 0 Å². The van der Waals surface area contributed by atoms with Crippen LogP contribution in [0.1, 0.15) is 35.7 Å². The molecule has 0 aliphatic carbocycles. The van der Waals surface area contributed by atoms with Gasteiger partial charge in [0.25, 0.3) is 5.91 Å². The zero-order valence-corrected chi connectivity index (χ0v) is 17.9. The molecule has 6 heteroatoms. The molecule has 1 saturated heterocycles. The Hall–Kier alpha value is -2.86. The average molecular weight is 410 g/mol. The molecule has 2 aromatic carbocycles. The summed E-state index contributed by atoms with van der Waals surface area (Å²) in [5.41, 5.74) is 2.63. The summed E-state index contributed by atoms with van der Waals surface area (Å²) in [6.45, 7) is 5.91. The van der Waals surface area contributed by atoms with Gasteiger partial charge in [-0.1, -0.05) is 19.1 Å². The average Bonchev–Trinajstić information content (AvgIpc) is 2.78. The molecule has 1 aliphatic rings. The van der Waals surface area contributed by atoms with E-state index in [0.29, 0.717) is 30.7 Å². The van der Waals surface area contributed by atoms with Gasteiger partial charge in [0.2, 0.25) is 5.91 Å². The fourth-order valence-corrected chi connectivity index (χ4v) is 3.36.